The van der Waals surface area contributed by atoms with E-state index in [1.54, 1.807) is 0 Å². The minimum absolute atomic E-state index is 0.0650. The molecule has 0 saturated carbocycles. The third-order valence-corrected chi connectivity index (χ3v) is 3.56. The lowest BCUT2D eigenvalue weighted by molar-refractivity contribution is -0.119. The second kappa shape index (κ2) is 5.98. The Bertz CT molecular complexity index is 419. The predicted octanol–water partition coefficient (Wildman–Crippen LogP) is 0.508. The van der Waals surface area contributed by atoms with Crippen LogP contribution in [0.5, 0.6) is 0 Å². The maximum Gasteiger partial charge on any atom is 0.233 e. The fourth-order valence-electron chi connectivity index (χ4n) is 2.36. The summed E-state index contributed by atoms with van der Waals surface area (Å²) >= 11 is 0. The first-order chi connectivity index (χ1) is 8.70. The van der Waals surface area contributed by atoms with Gasteiger partial charge in [0.1, 0.15) is 0 Å². The van der Waals surface area contributed by atoms with Crippen LogP contribution in [0, 0.1) is 0 Å². The Labute approximate surface area is 108 Å². The number of nitrogens with zero attached hydrogens (tertiary/aromatic N) is 1. The fraction of sp³-hybridized carbons (Fsp3) is 0.500. The molecule has 0 saturated heterocycles. The first kappa shape index (κ1) is 13.1. The van der Waals surface area contributed by atoms with Gasteiger partial charge in [0.15, 0.2) is 0 Å². The zero-order chi connectivity index (χ0) is 13.0. The van der Waals surface area contributed by atoms with Crippen molar-refractivity contribution in [2.24, 2.45) is 5.73 Å². The molecule has 1 aliphatic heterocycles. The van der Waals surface area contributed by atoms with Gasteiger partial charge in [0.2, 0.25) is 5.91 Å². The predicted molar refractivity (Wildman–Crippen MR) is 72.1 cm³/mol. The van der Waals surface area contributed by atoms with Crippen LogP contribution in [0.2, 0.25) is 0 Å². The van der Waals surface area contributed by atoms with Crippen LogP contribution in [0.4, 0.5) is 0 Å². The van der Waals surface area contributed by atoms with Gasteiger partial charge in [-0.2, -0.15) is 0 Å². The van der Waals surface area contributed by atoms with Gasteiger partial charge in [-0.15, -0.1) is 0 Å². The molecule has 4 nitrogen and oxygen atoms in total. The van der Waals surface area contributed by atoms with E-state index in [1.807, 2.05) is 0 Å². The van der Waals surface area contributed by atoms with E-state index in [0.717, 1.165) is 19.5 Å². The topological polar surface area (TPSA) is 58.4 Å². The van der Waals surface area contributed by atoms with E-state index in [9.17, 15) is 4.79 Å². The lowest BCUT2D eigenvalue weighted by Gasteiger charge is -2.33. The highest BCUT2D eigenvalue weighted by atomic mass is 16.1. The van der Waals surface area contributed by atoms with Gasteiger partial charge in [0.25, 0.3) is 0 Å². The van der Waals surface area contributed by atoms with Gasteiger partial charge in [0, 0.05) is 25.7 Å². The molecule has 98 valence electrons. The largest absolute Gasteiger partial charge is 0.353 e. The van der Waals surface area contributed by atoms with Gasteiger partial charge in [0.05, 0.1) is 6.54 Å². The van der Waals surface area contributed by atoms with Gasteiger partial charge in [-0.25, -0.2) is 0 Å². The van der Waals surface area contributed by atoms with Gasteiger partial charge in [-0.1, -0.05) is 24.3 Å². The van der Waals surface area contributed by atoms with Crippen LogP contribution in [0.15, 0.2) is 24.3 Å². The van der Waals surface area contributed by atoms with E-state index in [1.165, 1.54) is 11.1 Å². The molecule has 0 bridgehead atoms. The fourth-order valence-corrected chi connectivity index (χ4v) is 2.36. The molecule has 0 radical (unpaired) electrons. The Kier molecular flexibility index (Phi) is 4.33. The normalized spacial score (nSPS) is 17.0. The number of carbonyl (C=O) groups is 1. The molecule has 2 rings (SSSR count). The molecular weight excluding hydrogens is 226 g/mol. The Morgan fingerprint density at radius 1 is 1.44 bits per heavy atom. The quantitative estimate of drug-likeness (QED) is 0.815. The van der Waals surface area contributed by atoms with Crippen LogP contribution in [-0.2, 0) is 17.8 Å². The summed E-state index contributed by atoms with van der Waals surface area (Å²) in [6, 6.07) is 8.91. The van der Waals surface area contributed by atoms with Crippen molar-refractivity contribution in [3.8, 4) is 0 Å². The molecule has 1 aromatic rings. The monoisotopic (exact) mass is 247 g/mol. The molecule has 1 atom stereocenters. The summed E-state index contributed by atoms with van der Waals surface area (Å²) in [7, 11) is 0. The maximum atomic E-state index is 11.1. The molecule has 1 amide bonds. The number of hydrogen-bond acceptors (Lipinski definition) is 3. The summed E-state index contributed by atoms with van der Waals surface area (Å²) in [6.45, 7) is 4.89. The highest BCUT2D eigenvalue weighted by molar-refractivity contribution is 5.77. The summed E-state index contributed by atoms with van der Waals surface area (Å²) in [5, 5.41) is 2.85. The lowest BCUT2D eigenvalue weighted by atomic mass is 9.99. The molecular formula is C14H21N3O. The molecule has 18 heavy (non-hydrogen) atoms. The number of benzene rings is 1. The standard InChI is InChI=1S/C14H21N3O/c1-11(9-16-14(18)8-15)17-7-6-12-4-2-3-5-13(12)10-17/h2-5,11H,6-10,15H2,1H3,(H,16,18). The van der Waals surface area contributed by atoms with Gasteiger partial charge in [-0.05, 0) is 24.5 Å². The molecule has 0 spiro atoms. The van der Waals surface area contributed by atoms with Crippen LogP contribution in [0.25, 0.3) is 0 Å². The second-order valence-corrected chi connectivity index (χ2v) is 4.85. The van der Waals surface area contributed by atoms with Crippen molar-refractivity contribution >= 4 is 5.91 Å². The molecule has 1 unspecified atom stereocenters. The van der Waals surface area contributed by atoms with Crippen molar-refractivity contribution in [2.75, 3.05) is 19.6 Å². The summed E-state index contributed by atoms with van der Waals surface area (Å²) < 4.78 is 0. The first-order valence-electron chi connectivity index (χ1n) is 6.48. The maximum absolute atomic E-state index is 11.1. The molecule has 1 aliphatic rings. The zero-order valence-electron chi connectivity index (χ0n) is 10.9. The average Bonchev–Trinajstić information content (AvgIpc) is 2.43. The number of fused-ring (bicyclic) bond motifs is 1. The van der Waals surface area contributed by atoms with Crippen molar-refractivity contribution in [3.63, 3.8) is 0 Å². The van der Waals surface area contributed by atoms with Gasteiger partial charge in [-0.3, -0.25) is 9.69 Å². The van der Waals surface area contributed by atoms with Gasteiger partial charge >= 0.3 is 0 Å². The smallest absolute Gasteiger partial charge is 0.233 e. The zero-order valence-corrected chi connectivity index (χ0v) is 10.9. The first-order valence-corrected chi connectivity index (χ1v) is 6.48. The molecule has 3 N–H and O–H groups in total. The van der Waals surface area contributed by atoms with E-state index in [4.69, 9.17) is 5.73 Å². The van der Waals surface area contributed by atoms with Crippen LogP contribution >= 0.6 is 0 Å². The molecule has 1 heterocycles. The van der Waals surface area contributed by atoms with Crippen LogP contribution in [0.1, 0.15) is 18.1 Å². The number of rotatable bonds is 4. The molecule has 0 aliphatic carbocycles. The summed E-state index contributed by atoms with van der Waals surface area (Å²) in [5.41, 5.74) is 8.13. The van der Waals surface area contributed by atoms with E-state index >= 15 is 0 Å². The number of nitrogens with two attached hydrogens (primary N) is 1. The Morgan fingerprint density at radius 2 is 2.17 bits per heavy atom. The van der Waals surface area contributed by atoms with E-state index in [2.05, 4.69) is 41.4 Å². The number of carbonyl (C=O) groups excluding carboxylic acids is 1. The number of nitrogens with one attached hydrogen (secondary N) is 1. The minimum atomic E-state index is -0.0840. The van der Waals surface area contributed by atoms with E-state index in [0.29, 0.717) is 12.6 Å². The third-order valence-electron chi connectivity index (χ3n) is 3.56. The summed E-state index contributed by atoms with van der Waals surface area (Å²) in [5.74, 6) is -0.0840. The van der Waals surface area contributed by atoms with Crippen molar-refractivity contribution in [2.45, 2.75) is 25.9 Å². The Morgan fingerprint density at radius 3 is 2.89 bits per heavy atom. The van der Waals surface area contributed by atoms with Crippen molar-refractivity contribution in [1.82, 2.24) is 10.2 Å². The van der Waals surface area contributed by atoms with Crippen LogP contribution in [-0.4, -0.2) is 36.5 Å². The Balaban J connectivity index is 1.90. The summed E-state index contributed by atoms with van der Waals surface area (Å²) in [6.07, 6.45) is 1.09. The molecule has 0 fully saturated rings. The van der Waals surface area contributed by atoms with Crippen molar-refractivity contribution in [3.05, 3.63) is 35.4 Å². The molecule has 1 aromatic carbocycles. The average molecular weight is 247 g/mol. The molecule has 4 heteroatoms. The van der Waals surface area contributed by atoms with Gasteiger partial charge < -0.3 is 11.1 Å². The minimum Gasteiger partial charge on any atom is -0.353 e. The second-order valence-electron chi connectivity index (χ2n) is 4.85. The lowest BCUT2D eigenvalue weighted by Crippen LogP contribution is -2.45. The Hall–Kier alpha value is -1.39. The van der Waals surface area contributed by atoms with E-state index in [-0.39, 0.29) is 12.5 Å². The molecule has 0 aromatic heterocycles. The SMILES string of the molecule is CC(CNC(=O)CN)N1CCc2ccccc2C1. The highest BCUT2D eigenvalue weighted by Gasteiger charge is 2.20. The van der Waals surface area contributed by atoms with Crippen molar-refractivity contribution in [1.29, 1.82) is 0 Å². The number of amides is 1. The third kappa shape index (κ3) is 3.09. The highest BCUT2D eigenvalue weighted by Crippen LogP contribution is 2.19. The van der Waals surface area contributed by atoms with Crippen LogP contribution in [0.3, 0.4) is 0 Å². The van der Waals surface area contributed by atoms with Crippen LogP contribution < -0.4 is 11.1 Å². The van der Waals surface area contributed by atoms with E-state index < -0.39 is 0 Å². The van der Waals surface area contributed by atoms with Crippen molar-refractivity contribution < 1.29 is 4.79 Å². The number of hydrogen-bond donors (Lipinski definition) is 2. The summed E-state index contributed by atoms with van der Waals surface area (Å²) in [4.78, 5) is 13.5.